The summed E-state index contributed by atoms with van der Waals surface area (Å²) in [6.45, 7) is 3.15. The van der Waals surface area contributed by atoms with Crippen LogP contribution in [0.25, 0.3) is 0 Å². The zero-order chi connectivity index (χ0) is 19.1. The summed E-state index contributed by atoms with van der Waals surface area (Å²) in [5.74, 6) is 0.480. The Morgan fingerprint density at radius 3 is 2.56 bits per heavy atom. The topological polar surface area (TPSA) is 39.7 Å². The Labute approximate surface area is 183 Å². The van der Waals surface area contributed by atoms with Crippen LogP contribution in [-0.2, 0) is 13.1 Å². The Balaban J connectivity index is 0.00000364. The molecule has 0 fully saturated rings. The molecule has 2 aromatic carbocycles. The van der Waals surface area contributed by atoms with Crippen LogP contribution in [0, 0.1) is 5.82 Å². The Morgan fingerprint density at radius 2 is 1.93 bits per heavy atom. The normalized spacial score (nSPS) is 12.5. The lowest BCUT2D eigenvalue weighted by molar-refractivity contribution is 0.392. The number of aliphatic imine (C=N–C) groups is 1. The largest absolute Gasteiger partial charge is 0.352 e. The van der Waals surface area contributed by atoms with Crippen molar-refractivity contribution in [3.63, 3.8) is 0 Å². The van der Waals surface area contributed by atoms with Gasteiger partial charge in [-0.05, 0) is 50.3 Å². The van der Waals surface area contributed by atoms with Gasteiger partial charge in [0.15, 0.2) is 5.96 Å². The van der Waals surface area contributed by atoms with E-state index in [9.17, 15) is 4.39 Å². The minimum absolute atomic E-state index is 0. The van der Waals surface area contributed by atoms with Crippen molar-refractivity contribution in [2.75, 3.05) is 21.1 Å². The molecule has 0 saturated carbocycles. The smallest absolute Gasteiger partial charge is 0.191 e. The highest BCUT2D eigenvalue weighted by atomic mass is 127. The molecule has 0 aromatic heterocycles. The number of halogens is 3. The summed E-state index contributed by atoms with van der Waals surface area (Å²) in [6.07, 6.45) is 0. The SMILES string of the molecule is CN=C(NCc1ccc(F)c(CN(C)C)c1)NC(C)c1ccccc1Cl.I. The molecule has 2 N–H and O–H groups in total. The summed E-state index contributed by atoms with van der Waals surface area (Å²) < 4.78 is 13.9. The van der Waals surface area contributed by atoms with Crippen molar-refractivity contribution in [2.45, 2.75) is 26.1 Å². The number of hydrogen-bond acceptors (Lipinski definition) is 2. The fourth-order valence-corrected chi connectivity index (χ4v) is 2.99. The van der Waals surface area contributed by atoms with Gasteiger partial charge < -0.3 is 15.5 Å². The van der Waals surface area contributed by atoms with E-state index in [1.54, 1.807) is 13.1 Å². The first-order chi connectivity index (χ1) is 12.4. The second-order valence-electron chi connectivity index (χ2n) is 6.48. The molecule has 0 aliphatic rings. The van der Waals surface area contributed by atoms with Crippen LogP contribution in [-0.4, -0.2) is 32.0 Å². The molecule has 0 heterocycles. The maximum Gasteiger partial charge on any atom is 0.191 e. The van der Waals surface area contributed by atoms with E-state index in [0.717, 1.165) is 16.1 Å². The van der Waals surface area contributed by atoms with Crippen LogP contribution in [0.15, 0.2) is 47.5 Å². The molecule has 27 heavy (non-hydrogen) atoms. The van der Waals surface area contributed by atoms with Crippen molar-refractivity contribution >= 4 is 41.5 Å². The maximum absolute atomic E-state index is 13.9. The van der Waals surface area contributed by atoms with Crippen LogP contribution in [0.1, 0.15) is 29.7 Å². The quantitative estimate of drug-likeness (QED) is 0.344. The van der Waals surface area contributed by atoms with Crippen molar-refractivity contribution in [2.24, 2.45) is 4.99 Å². The minimum atomic E-state index is -0.183. The molecule has 0 saturated heterocycles. The number of rotatable bonds is 6. The molecule has 1 atom stereocenters. The molecule has 0 radical (unpaired) electrons. The van der Waals surface area contributed by atoms with E-state index in [1.165, 1.54) is 6.07 Å². The van der Waals surface area contributed by atoms with Crippen LogP contribution in [0.5, 0.6) is 0 Å². The van der Waals surface area contributed by atoms with E-state index < -0.39 is 0 Å². The molecule has 2 aromatic rings. The van der Waals surface area contributed by atoms with E-state index in [1.807, 2.05) is 56.3 Å². The number of nitrogens with zero attached hydrogens (tertiary/aromatic N) is 2. The predicted molar refractivity (Wildman–Crippen MR) is 122 cm³/mol. The van der Waals surface area contributed by atoms with E-state index in [0.29, 0.717) is 24.6 Å². The summed E-state index contributed by atoms with van der Waals surface area (Å²) in [7, 11) is 5.56. The molecule has 0 aliphatic heterocycles. The Bertz CT molecular complexity index is 767. The van der Waals surface area contributed by atoms with Gasteiger partial charge in [0.25, 0.3) is 0 Å². The maximum atomic E-state index is 13.9. The second kappa shape index (κ2) is 11.5. The molecule has 0 amide bonds. The molecular formula is C20H27ClFIN4. The Morgan fingerprint density at radius 1 is 1.22 bits per heavy atom. The summed E-state index contributed by atoms with van der Waals surface area (Å²) in [5.41, 5.74) is 2.69. The summed E-state index contributed by atoms with van der Waals surface area (Å²) >= 11 is 6.25. The first-order valence-corrected chi connectivity index (χ1v) is 8.92. The number of hydrogen-bond donors (Lipinski definition) is 2. The summed E-state index contributed by atoms with van der Waals surface area (Å²) in [4.78, 5) is 6.20. The lowest BCUT2D eigenvalue weighted by atomic mass is 10.1. The average molecular weight is 505 g/mol. The third-order valence-corrected chi connectivity index (χ3v) is 4.35. The Hall–Kier alpha value is -1.38. The van der Waals surface area contributed by atoms with Gasteiger partial charge in [0, 0.05) is 30.7 Å². The summed E-state index contributed by atoms with van der Waals surface area (Å²) in [6, 6.07) is 12.9. The number of nitrogens with one attached hydrogen (secondary N) is 2. The van der Waals surface area contributed by atoms with Crippen molar-refractivity contribution in [3.05, 3.63) is 70.0 Å². The first-order valence-electron chi connectivity index (χ1n) is 8.54. The monoisotopic (exact) mass is 504 g/mol. The molecule has 0 aliphatic carbocycles. The zero-order valence-electron chi connectivity index (χ0n) is 16.1. The molecule has 4 nitrogen and oxygen atoms in total. The fraction of sp³-hybridized carbons (Fsp3) is 0.350. The van der Waals surface area contributed by atoms with Gasteiger partial charge in [-0.2, -0.15) is 0 Å². The third-order valence-electron chi connectivity index (χ3n) is 4.01. The van der Waals surface area contributed by atoms with Gasteiger partial charge in [-0.3, -0.25) is 4.99 Å². The van der Waals surface area contributed by atoms with Crippen LogP contribution < -0.4 is 10.6 Å². The highest BCUT2D eigenvalue weighted by molar-refractivity contribution is 14.0. The van der Waals surface area contributed by atoms with Crippen molar-refractivity contribution in [1.29, 1.82) is 0 Å². The molecule has 7 heteroatoms. The third kappa shape index (κ3) is 7.27. The Kier molecular flexibility index (Phi) is 10.0. The van der Waals surface area contributed by atoms with E-state index in [4.69, 9.17) is 11.6 Å². The zero-order valence-corrected chi connectivity index (χ0v) is 19.2. The second-order valence-corrected chi connectivity index (χ2v) is 6.88. The standard InChI is InChI=1S/C20H26ClFN4.HI/c1-14(17-7-5-6-8-18(17)21)25-20(23-2)24-12-15-9-10-19(22)16(11-15)13-26(3)4;/h5-11,14H,12-13H2,1-4H3,(H2,23,24,25);1H. The van der Waals surface area contributed by atoms with Crippen LogP contribution in [0.4, 0.5) is 4.39 Å². The van der Waals surface area contributed by atoms with Gasteiger partial charge in [-0.25, -0.2) is 4.39 Å². The molecule has 0 spiro atoms. The molecule has 2 rings (SSSR count). The van der Waals surface area contributed by atoms with Gasteiger partial charge in [0.2, 0.25) is 0 Å². The number of guanidine groups is 1. The van der Waals surface area contributed by atoms with E-state index in [-0.39, 0.29) is 35.8 Å². The summed E-state index contributed by atoms with van der Waals surface area (Å²) in [5, 5.41) is 7.31. The molecule has 0 bridgehead atoms. The number of benzene rings is 2. The van der Waals surface area contributed by atoms with Crippen molar-refractivity contribution in [1.82, 2.24) is 15.5 Å². The molecular weight excluding hydrogens is 478 g/mol. The van der Waals surface area contributed by atoms with Gasteiger partial charge in [-0.1, -0.05) is 35.9 Å². The van der Waals surface area contributed by atoms with Gasteiger partial charge in [0.05, 0.1) is 6.04 Å². The van der Waals surface area contributed by atoms with E-state index in [2.05, 4.69) is 15.6 Å². The molecule has 1 unspecified atom stereocenters. The fourth-order valence-electron chi connectivity index (χ4n) is 2.69. The first kappa shape index (κ1) is 23.7. The average Bonchev–Trinajstić information content (AvgIpc) is 2.60. The van der Waals surface area contributed by atoms with Crippen LogP contribution in [0.2, 0.25) is 5.02 Å². The molecule has 148 valence electrons. The van der Waals surface area contributed by atoms with E-state index >= 15 is 0 Å². The lowest BCUT2D eigenvalue weighted by Crippen LogP contribution is -2.38. The highest BCUT2D eigenvalue weighted by Crippen LogP contribution is 2.22. The predicted octanol–water partition coefficient (Wildman–Crippen LogP) is 4.58. The van der Waals surface area contributed by atoms with Gasteiger partial charge in [0.1, 0.15) is 5.82 Å². The van der Waals surface area contributed by atoms with Crippen molar-refractivity contribution < 1.29 is 4.39 Å². The van der Waals surface area contributed by atoms with Crippen LogP contribution in [0.3, 0.4) is 0 Å². The van der Waals surface area contributed by atoms with Gasteiger partial charge >= 0.3 is 0 Å². The highest BCUT2D eigenvalue weighted by Gasteiger charge is 2.11. The minimum Gasteiger partial charge on any atom is -0.352 e. The lowest BCUT2D eigenvalue weighted by Gasteiger charge is -2.19. The van der Waals surface area contributed by atoms with Crippen LogP contribution >= 0.6 is 35.6 Å². The van der Waals surface area contributed by atoms with Gasteiger partial charge in [-0.15, -0.1) is 24.0 Å². The van der Waals surface area contributed by atoms with Crippen molar-refractivity contribution in [3.8, 4) is 0 Å².